The molecule has 0 spiro atoms. The van der Waals surface area contributed by atoms with Crippen LogP contribution in [0.3, 0.4) is 0 Å². The van der Waals surface area contributed by atoms with Gasteiger partial charge in [0.1, 0.15) is 0 Å². The van der Waals surface area contributed by atoms with E-state index >= 15 is 0 Å². The summed E-state index contributed by atoms with van der Waals surface area (Å²) >= 11 is 2.02. The lowest BCUT2D eigenvalue weighted by molar-refractivity contribution is -0.137. The number of carboxylic acids is 1. The van der Waals surface area contributed by atoms with Gasteiger partial charge in [0.2, 0.25) is 0 Å². The number of carbonyl (C=O) groups is 1. The molecule has 2 unspecified atom stereocenters. The Morgan fingerprint density at radius 3 is 2.86 bits per heavy atom. The van der Waals surface area contributed by atoms with Gasteiger partial charge in [0.15, 0.2) is 0 Å². The van der Waals surface area contributed by atoms with Crippen molar-refractivity contribution in [1.29, 1.82) is 0 Å². The van der Waals surface area contributed by atoms with Crippen LogP contribution in [-0.2, 0) is 4.79 Å². The summed E-state index contributed by atoms with van der Waals surface area (Å²) in [5, 5.41) is 9.28. The van der Waals surface area contributed by atoms with Gasteiger partial charge in [-0.25, -0.2) is 0 Å². The highest BCUT2D eigenvalue weighted by Crippen LogP contribution is 2.28. The fraction of sp³-hybridized carbons (Fsp3) is 0.900. The van der Waals surface area contributed by atoms with E-state index in [1.165, 1.54) is 12.2 Å². The highest BCUT2D eigenvalue weighted by Gasteiger charge is 2.24. The molecule has 0 radical (unpaired) electrons. The van der Waals surface area contributed by atoms with Crippen LogP contribution in [0.4, 0.5) is 0 Å². The van der Waals surface area contributed by atoms with Crippen LogP contribution in [-0.4, -0.2) is 46.6 Å². The molecule has 4 heteroatoms. The molecular weight excluding hydrogens is 198 g/mol. The molecule has 1 aliphatic heterocycles. The van der Waals surface area contributed by atoms with Crippen LogP contribution in [0.15, 0.2) is 0 Å². The molecule has 0 amide bonds. The van der Waals surface area contributed by atoms with Crippen molar-refractivity contribution in [1.82, 2.24) is 4.90 Å². The molecule has 0 saturated carbocycles. The fourth-order valence-corrected chi connectivity index (χ4v) is 3.06. The van der Waals surface area contributed by atoms with E-state index < -0.39 is 5.97 Å². The highest BCUT2D eigenvalue weighted by molar-refractivity contribution is 8.00. The van der Waals surface area contributed by atoms with Gasteiger partial charge in [-0.15, -0.1) is 0 Å². The maximum absolute atomic E-state index is 10.3. The molecule has 1 saturated heterocycles. The minimum atomic E-state index is -0.687. The van der Waals surface area contributed by atoms with E-state index in [1.54, 1.807) is 0 Å². The van der Waals surface area contributed by atoms with Crippen molar-refractivity contribution in [3.05, 3.63) is 0 Å². The molecule has 0 bridgehead atoms. The maximum atomic E-state index is 10.3. The van der Waals surface area contributed by atoms with Crippen LogP contribution < -0.4 is 0 Å². The van der Waals surface area contributed by atoms with Crippen LogP contribution >= 0.6 is 11.8 Å². The molecule has 82 valence electrons. The van der Waals surface area contributed by atoms with E-state index in [9.17, 15) is 4.79 Å². The summed E-state index contributed by atoms with van der Waals surface area (Å²) in [7, 11) is 2.10. The summed E-state index contributed by atoms with van der Waals surface area (Å²) in [6, 6.07) is 0.656. The first-order valence-corrected chi connectivity index (χ1v) is 6.18. The molecule has 0 aromatic carbocycles. The minimum absolute atomic E-state index is 0.291. The van der Waals surface area contributed by atoms with Crippen molar-refractivity contribution in [2.75, 3.05) is 19.3 Å². The Balaban J connectivity index is 2.15. The third kappa shape index (κ3) is 3.88. The van der Waals surface area contributed by atoms with Gasteiger partial charge in [-0.1, -0.05) is 6.92 Å². The Bertz CT molecular complexity index is 199. The SMILES string of the molecule is CC1CC(N(C)CCCC(=O)O)CS1. The molecule has 0 aromatic rings. The zero-order chi connectivity index (χ0) is 10.6. The maximum Gasteiger partial charge on any atom is 0.303 e. The van der Waals surface area contributed by atoms with Crippen molar-refractivity contribution >= 4 is 17.7 Å². The predicted octanol–water partition coefficient (Wildman–Crippen LogP) is 1.68. The standard InChI is InChI=1S/C10H19NO2S/c1-8-6-9(7-14-8)11(2)5-3-4-10(12)13/h8-9H,3-7H2,1-2H3,(H,12,13). The first-order chi connectivity index (χ1) is 6.59. The van der Waals surface area contributed by atoms with Crippen molar-refractivity contribution < 1.29 is 9.90 Å². The summed E-state index contributed by atoms with van der Waals surface area (Å²) < 4.78 is 0. The molecule has 3 nitrogen and oxygen atoms in total. The van der Waals surface area contributed by atoms with Gasteiger partial charge in [0.05, 0.1) is 0 Å². The van der Waals surface area contributed by atoms with Gasteiger partial charge in [-0.05, 0) is 26.4 Å². The van der Waals surface area contributed by atoms with Gasteiger partial charge >= 0.3 is 5.97 Å². The molecular formula is C10H19NO2S. The average molecular weight is 217 g/mol. The smallest absolute Gasteiger partial charge is 0.303 e. The number of aliphatic carboxylic acids is 1. The fourth-order valence-electron chi connectivity index (χ4n) is 1.76. The molecule has 1 N–H and O–H groups in total. The number of thioether (sulfide) groups is 1. The number of carboxylic acid groups (broad SMARTS) is 1. The van der Waals surface area contributed by atoms with Gasteiger partial charge in [0.25, 0.3) is 0 Å². The van der Waals surface area contributed by atoms with E-state index in [2.05, 4.69) is 18.9 Å². The lowest BCUT2D eigenvalue weighted by Gasteiger charge is -2.23. The molecule has 1 heterocycles. The number of nitrogens with zero attached hydrogens (tertiary/aromatic N) is 1. The highest BCUT2D eigenvalue weighted by atomic mass is 32.2. The zero-order valence-corrected chi connectivity index (χ0v) is 9.72. The zero-order valence-electron chi connectivity index (χ0n) is 8.90. The van der Waals surface area contributed by atoms with Crippen LogP contribution in [0.1, 0.15) is 26.2 Å². The number of hydrogen-bond donors (Lipinski definition) is 1. The van der Waals surface area contributed by atoms with Crippen molar-refractivity contribution in [3.8, 4) is 0 Å². The van der Waals surface area contributed by atoms with Gasteiger partial charge < -0.3 is 10.0 Å². The van der Waals surface area contributed by atoms with Crippen LogP contribution in [0.2, 0.25) is 0 Å². The summed E-state index contributed by atoms with van der Waals surface area (Å²) in [5.41, 5.74) is 0. The summed E-state index contributed by atoms with van der Waals surface area (Å²) in [5.74, 6) is 0.512. The first-order valence-electron chi connectivity index (χ1n) is 5.13. The molecule has 1 aliphatic rings. The van der Waals surface area contributed by atoms with E-state index in [-0.39, 0.29) is 0 Å². The van der Waals surface area contributed by atoms with E-state index in [0.29, 0.717) is 12.5 Å². The van der Waals surface area contributed by atoms with Crippen molar-refractivity contribution in [3.63, 3.8) is 0 Å². The predicted molar refractivity (Wildman–Crippen MR) is 59.8 cm³/mol. The van der Waals surface area contributed by atoms with Crippen molar-refractivity contribution in [2.45, 2.75) is 37.5 Å². The second-order valence-corrected chi connectivity index (χ2v) is 5.48. The quantitative estimate of drug-likeness (QED) is 0.760. The van der Waals surface area contributed by atoms with E-state index in [1.807, 2.05) is 11.8 Å². The second-order valence-electron chi connectivity index (χ2n) is 4.01. The molecule has 0 aliphatic carbocycles. The molecule has 1 rings (SSSR count). The molecule has 2 atom stereocenters. The number of rotatable bonds is 5. The Morgan fingerprint density at radius 1 is 1.64 bits per heavy atom. The van der Waals surface area contributed by atoms with Gasteiger partial charge in [-0.2, -0.15) is 11.8 Å². The van der Waals surface area contributed by atoms with E-state index in [0.717, 1.165) is 18.2 Å². The molecule has 0 aromatic heterocycles. The third-order valence-corrected chi connectivity index (χ3v) is 4.04. The second kappa shape index (κ2) is 5.61. The summed E-state index contributed by atoms with van der Waals surface area (Å²) in [6.45, 7) is 3.17. The third-order valence-electron chi connectivity index (χ3n) is 2.70. The van der Waals surface area contributed by atoms with Crippen molar-refractivity contribution in [2.24, 2.45) is 0 Å². The lowest BCUT2D eigenvalue weighted by Crippen LogP contribution is -2.32. The largest absolute Gasteiger partial charge is 0.481 e. The Hall–Kier alpha value is -0.220. The van der Waals surface area contributed by atoms with E-state index in [4.69, 9.17) is 5.11 Å². The summed E-state index contributed by atoms with van der Waals surface area (Å²) in [4.78, 5) is 12.6. The van der Waals surface area contributed by atoms with Crippen LogP contribution in [0.5, 0.6) is 0 Å². The molecule has 14 heavy (non-hydrogen) atoms. The van der Waals surface area contributed by atoms with Crippen LogP contribution in [0, 0.1) is 0 Å². The minimum Gasteiger partial charge on any atom is -0.481 e. The average Bonchev–Trinajstić information content (AvgIpc) is 2.51. The Labute approximate surface area is 89.9 Å². The molecule has 1 fully saturated rings. The number of hydrogen-bond acceptors (Lipinski definition) is 3. The summed E-state index contributed by atoms with van der Waals surface area (Å²) in [6.07, 6.45) is 2.30. The topological polar surface area (TPSA) is 40.5 Å². The Morgan fingerprint density at radius 2 is 2.36 bits per heavy atom. The monoisotopic (exact) mass is 217 g/mol. The Kier molecular flexibility index (Phi) is 4.75. The normalized spacial score (nSPS) is 27.1. The lowest BCUT2D eigenvalue weighted by atomic mass is 10.1. The van der Waals surface area contributed by atoms with Crippen LogP contribution in [0.25, 0.3) is 0 Å². The van der Waals surface area contributed by atoms with Gasteiger partial charge in [0, 0.05) is 23.5 Å². The van der Waals surface area contributed by atoms with Gasteiger partial charge in [-0.3, -0.25) is 4.79 Å². The first kappa shape index (κ1) is 11.9.